The van der Waals surface area contributed by atoms with Crippen molar-refractivity contribution in [3.63, 3.8) is 0 Å². The van der Waals surface area contributed by atoms with Crippen LogP contribution in [0.3, 0.4) is 0 Å². The number of anilines is 1. The first-order chi connectivity index (χ1) is 8.72. The Morgan fingerprint density at radius 2 is 2.28 bits per heavy atom. The van der Waals surface area contributed by atoms with Crippen molar-refractivity contribution in [2.75, 3.05) is 11.9 Å². The van der Waals surface area contributed by atoms with Crippen LogP contribution in [-0.2, 0) is 0 Å². The molecule has 0 amide bonds. The third-order valence-corrected chi connectivity index (χ3v) is 3.74. The van der Waals surface area contributed by atoms with Gasteiger partial charge in [-0.1, -0.05) is 18.0 Å². The molecule has 0 heterocycles. The van der Waals surface area contributed by atoms with Gasteiger partial charge >= 0.3 is 0 Å². The summed E-state index contributed by atoms with van der Waals surface area (Å²) in [6, 6.07) is 7.74. The fraction of sp³-hybridized carbons (Fsp3) is 0.500. The average molecular weight is 265 g/mol. The van der Waals surface area contributed by atoms with Crippen molar-refractivity contribution in [2.45, 2.75) is 31.7 Å². The van der Waals surface area contributed by atoms with Gasteiger partial charge in [0.1, 0.15) is 6.07 Å². The highest BCUT2D eigenvalue weighted by atomic mass is 35.5. The molecular formula is C14H17ClN2O. The van der Waals surface area contributed by atoms with Gasteiger partial charge in [0.2, 0.25) is 0 Å². The minimum atomic E-state index is 0.249. The van der Waals surface area contributed by atoms with E-state index in [1.165, 1.54) is 0 Å². The second kappa shape index (κ2) is 6.08. The highest BCUT2D eigenvalue weighted by Gasteiger charge is 2.21. The highest BCUT2D eigenvalue weighted by molar-refractivity contribution is 6.30. The molecule has 0 bridgehead atoms. The Balaban J connectivity index is 2.09. The summed E-state index contributed by atoms with van der Waals surface area (Å²) >= 11 is 5.96. The molecular weight excluding hydrogens is 248 g/mol. The van der Waals surface area contributed by atoms with Crippen LogP contribution in [-0.4, -0.2) is 17.8 Å². The predicted octanol–water partition coefficient (Wildman–Crippen LogP) is 3.17. The van der Waals surface area contributed by atoms with Gasteiger partial charge in [0.25, 0.3) is 0 Å². The zero-order valence-electron chi connectivity index (χ0n) is 10.2. The van der Waals surface area contributed by atoms with E-state index in [0.29, 0.717) is 22.5 Å². The summed E-state index contributed by atoms with van der Waals surface area (Å²) in [5.41, 5.74) is 1.42. The lowest BCUT2D eigenvalue weighted by atomic mass is 9.86. The second-order valence-corrected chi connectivity index (χ2v) is 5.29. The largest absolute Gasteiger partial charge is 0.396 e. The lowest BCUT2D eigenvalue weighted by Gasteiger charge is -2.29. The molecule has 96 valence electrons. The fourth-order valence-electron chi connectivity index (χ4n) is 2.54. The minimum Gasteiger partial charge on any atom is -0.396 e. The maximum Gasteiger partial charge on any atom is 0.101 e. The number of nitrogens with one attached hydrogen (secondary N) is 1. The molecule has 2 rings (SSSR count). The summed E-state index contributed by atoms with van der Waals surface area (Å²) in [7, 11) is 0. The zero-order chi connectivity index (χ0) is 13.0. The van der Waals surface area contributed by atoms with Gasteiger partial charge in [-0.15, -0.1) is 0 Å². The van der Waals surface area contributed by atoms with Crippen LogP contribution in [0.4, 0.5) is 5.69 Å². The van der Waals surface area contributed by atoms with Crippen molar-refractivity contribution in [1.29, 1.82) is 5.26 Å². The number of rotatable bonds is 3. The number of hydrogen-bond acceptors (Lipinski definition) is 3. The van der Waals surface area contributed by atoms with E-state index in [9.17, 15) is 5.11 Å². The predicted molar refractivity (Wildman–Crippen MR) is 72.6 cm³/mol. The molecule has 0 radical (unpaired) electrons. The summed E-state index contributed by atoms with van der Waals surface area (Å²) in [4.78, 5) is 0. The molecule has 2 unspecified atom stereocenters. The van der Waals surface area contributed by atoms with E-state index in [-0.39, 0.29) is 6.61 Å². The van der Waals surface area contributed by atoms with Crippen molar-refractivity contribution in [3.8, 4) is 6.07 Å². The summed E-state index contributed by atoms with van der Waals surface area (Å²) in [5.74, 6) is 0.376. The van der Waals surface area contributed by atoms with Gasteiger partial charge in [-0.05, 0) is 43.4 Å². The molecule has 1 aliphatic rings. The Morgan fingerprint density at radius 1 is 1.44 bits per heavy atom. The first-order valence-electron chi connectivity index (χ1n) is 6.30. The van der Waals surface area contributed by atoms with Crippen LogP contribution in [0, 0.1) is 17.2 Å². The molecule has 0 saturated heterocycles. The Bertz CT molecular complexity index is 456. The molecule has 1 aliphatic carbocycles. The minimum absolute atomic E-state index is 0.249. The maximum absolute atomic E-state index is 9.22. The standard InChI is InChI=1S/C14H17ClN2O/c15-12-5-4-11(8-16)14(7-12)17-13-3-1-2-10(6-13)9-18/h4-5,7,10,13,17-18H,1-3,6,9H2. The molecule has 4 heteroatoms. The van der Waals surface area contributed by atoms with E-state index in [1.54, 1.807) is 18.2 Å². The number of nitrogens with zero attached hydrogens (tertiary/aromatic N) is 1. The Morgan fingerprint density at radius 3 is 3.00 bits per heavy atom. The van der Waals surface area contributed by atoms with E-state index in [0.717, 1.165) is 31.4 Å². The number of halogens is 1. The SMILES string of the molecule is N#Cc1ccc(Cl)cc1NC1CCCC(CO)C1. The number of benzene rings is 1. The van der Waals surface area contributed by atoms with Crippen LogP contribution in [0.5, 0.6) is 0 Å². The molecule has 1 saturated carbocycles. The highest BCUT2D eigenvalue weighted by Crippen LogP contribution is 2.28. The van der Waals surface area contributed by atoms with Crippen LogP contribution in [0.1, 0.15) is 31.2 Å². The quantitative estimate of drug-likeness (QED) is 0.882. The van der Waals surface area contributed by atoms with Crippen LogP contribution >= 0.6 is 11.6 Å². The zero-order valence-corrected chi connectivity index (χ0v) is 11.0. The molecule has 0 aliphatic heterocycles. The smallest absolute Gasteiger partial charge is 0.101 e. The van der Waals surface area contributed by atoms with Crippen LogP contribution < -0.4 is 5.32 Å². The molecule has 0 spiro atoms. The van der Waals surface area contributed by atoms with E-state index in [2.05, 4.69) is 11.4 Å². The van der Waals surface area contributed by atoms with Gasteiger partial charge in [-0.25, -0.2) is 0 Å². The Labute approximate surface area is 112 Å². The van der Waals surface area contributed by atoms with E-state index >= 15 is 0 Å². The summed E-state index contributed by atoms with van der Waals surface area (Å²) in [6.07, 6.45) is 4.24. The molecule has 1 aromatic carbocycles. The van der Waals surface area contributed by atoms with Gasteiger partial charge in [-0.2, -0.15) is 5.26 Å². The molecule has 3 nitrogen and oxygen atoms in total. The summed E-state index contributed by atoms with van der Waals surface area (Å²) in [6.45, 7) is 0.249. The second-order valence-electron chi connectivity index (χ2n) is 4.86. The first kappa shape index (κ1) is 13.2. The monoisotopic (exact) mass is 264 g/mol. The average Bonchev–Trinajstić information content (AvgIpc) is 2.39. The third-order valence-electron chi connectivity index (χ3n) is 3.50. The van der Waals surface area contributed by atoms with Crippen molar-refractivity contribution in [3.05, 3.63) is 28.8 Å². The van der Waals surface area contributed by atoms with Gasteiger partial charge in [-0.3, -0.25) is 0 Å². The van der Waals surface area contributed by atoms with Crippen LogP contribution in [0.2, 0.25) is 5.02 Å². The van der Waals surface area contributed by atoms with Gasteiger partial charge in [0.05, 0.1) is 11.3 Å². The fourth-order valence-corrected chi connectivity index (χ4v) is 2.71. The Kier molecular flexibility index (Phi) is 4.46. The first-order valence-corrected chi connectivity index (χ1v) is 6.67. The maximum atomic E-state index is 9.22. The lowest BCUT2D eigenvalue weighted by Crippen LogP contribution is -2.29. The topological polar surface area (TPSA) is 56.0 Å². The molecule has 1 fully saturated rings. The van der Waals surface area contributed by atoms with Crippen molar-refractivity contribution in [2.24, 2.45) is 5.92 Å². The summed E-state index contributed by atoms with van der Waals surface area (Å²) < 4.78 is 0. The Hall–Kier alpha value is -1.24. The molecule has 18 heavy (non-hydrogen) atoms. The number of nitriles is 1. The van der Waals surface area contributed by atoms with E-state index < -0.39 is 0 Å². The van der Waals surface area contributed by atoms with Gasteiger partial charge < -0.3 is 10.4 Å². The normalized spacial score (nSPS) is 23.4. The number of aliphatic hydroxyl groups excluding tert-OH is 1. The van der Waals surface area contributed by atoms with Crippen molar-refractivity contribution < 1.29 is 5.11 Å². The lowest BCUT2D eigenvalue weighted by molar-refractivity contribution is 0.184. The summed E-state index contributed by atoms with van der Waals surface area (Å²) in [5, 5.41) is 22.3. The van der Waals surface area contributed by atoms with Gasteiger partial charge in [0.15, 0.2) is 0 Å². The third kappa shape index (κ3) is 3.16. The van der Waals surface area contributed by atoms with E-state index in [4.69, 9.17) is 16.9 Å². The molecule has 1 aromatic rings. The van der Waals surface area contributed by atoms with Gasteiger partial charge in [0, 0.05) is 17.7 Å². The molecule has 2 atom stereocenters. The van der Waals surface area contributed by atoms with Crippen molar-refractivity contribution >= 4 is 17.3 Å². The van der Waals surface area contributed by atoms with Crippen LogP contribution in [0.15, 0.2) is 18.2 Å². The van der Waals surface area contributed by atoms with Crippen molar-refractivity contribution in [1.82, 2.24) is 0 Å². The number of aliphatic hydroxyl groups is 1. The molecule has 0 aromatic heterocycles. The molecule has 2 N–H and O–H groups in total. The van der Waals surface area contributed by atoms with E-state index in [1.807, 2.05) is 0 Å². The van der Waals surface area contributed by atoms with Crippen LogP contribution in [0.25, 0.3) is 0 Å². The number of hydrogen-bond donors (Lipinski definition) is 2.